The quantitative estimate of drug-likeness (QED) is 0.730. The average Bonchev–Trinajstić information content (AvgIpc) is 2.25. The van der Waals surface area contributed by atoms with Gasteiger partial charge in [0, 0.05) is 13.0 Å². The van der Waals surface area contributed by atoms with Crippen LogP contribution in [-0.2, 0) is 4.79 Å². The van der Waals surface area contributed by atoms with Crippen molar-refractivity contribution < 1.29 is 4.79 Å². The maximum absolute atomic E-state index is 11.4. The second kappa shape index (κ2) is 6.11. The third kappa shape index (κ3) is 4.65. The lowest BCUT2D eigenvalue weighted by Gasteiger charge is -2.33. The Morgan fingerprint density at radius 3 is 2.60 bits per heavy atom. The number of hydrogen-bond acceptors (Lipinski definition) is 2. The van der Waals surface area contributed by atoms with E-state index >= 15 is 0 Å². The molecule has 0 spiro atoms. The Bertz CT molecular complexity index is 198. The van der Waals surface area contributed by atoms with Crippen LogP contribution in [0.2, 0.25) is 0 Å². The summed E-state index contributed by atoms with van der Waals surface area (Å²) in [5.74, 6) is 0.159. The average molecular weight is 212 g/mol. The van der Waals surface area contributed by atoms with Gasteiger partial charge < -0.3 is 11.1 Å². The lowest BCUT2D eigenvalue weighted by molar-refractivity contribution is -0.121. The number of nitrogens with one attached hydrogen (secondary N) is 1. The van der Waals surface area contributed by atoms with Crippen LogP contribution in [0.3, 0.4) is 0 Å². The van der Waals surface area contributed by atoms with E-state index in [0.717, 1.165) is 13.0 Å². The van der Waals surface area contributed by atoms with E-state index in [1.807, 2.05) is 0 Å². The van der Waals surface area contributed by atoms with Gasteiger partial charge in [0.1, 0.15) is 0 Å². The molecule has 1 saturated carbocycles. The first-order valence-corrected chi connectivity index (χ1v) is 6.13. The Kier molecular flexibility index (Phi) is 5.09. The van der Waals surface area contributed by atoms with Gasteiger partial charge in [0.25, 0.3) is 0 Å². The number of nitrogens with two attached hydrogens (primary N) is 1. The lowest BCUT2D eigenvalue weighted by Crippen LogP contribution is -2.37. The van der Waals surface area contributed by atoms with E-state index < -0.39 is 0 Å². The molecule has 0 saturated heterocycles. The summed E-state index contributed by atoms with van der Waals surface area (Å²) in [6.07, 6.45) is 7.87. The van der Waals surface area contributed by atoms with Crippen LogP contribution in [0.25, 0.3) is 0 Å². The molecule has 0 unspecified atom stereocenters. The minimum atomic E-state index is 0.159. The van der Waals surface area contributed by atoms with Crippen LogP contribution in [0, 0.1) is 5.41 Å². The molecular formula is C12H24N2O. The van der Waals surface area contributed by atoms with Gasteiger partial charge >= 0.3 is 0 Å². The zero-order valence-electron chi connectivity index (χ0n) is 9.85. The highest BCUT2D eigenvalue weighted by atomic mass is 16.1. The lowest BCUT2D eigenvalue weighted by atomic mass is 9.76. The second-order valence-electron chi connectivity index (χ2n) is 5.04. The van der Waals surface area contributed by atoms with Crippen molar-refractivity contribution in [3.05, 3.63) is 0 Å². The van der Waals surface area contributed by atoms with Gasteiger partial charge in [-0.25, -0.2) is 0 Å². The minimum Gasteiger partial charge on any atom is -0.356 e. The topological polar surface area (TPSA) is 55.1 Å². The monoisotopic (exact) mass is 212 g/mol. The van der Waals surface area contributed by atoms with Crippen LogP contribution >= 0.6 is 0 Å². The maximum Gasteiger partial charge on any atom is 0.220 e. The molecule has 3 heteroatoms. The molecule has 0 aromatic heterocycles. The molecule has 15 heavy (non-hydrogen) atoms. The van der Waals surface area contributed by atoms with Gasteiger partial charge in [-0.3, -0.25) is 4.79 Å². The number of rotatable bonds is 5. The Hall–Kier alpha value is -0.570. The molecule has 1 rings (SSSR count). The molecule has 0 aromatic carbocycles. The smallest absolute Gasteiger partial charge is 0.220 e. The van der Waals surface area contributed by atoms with Crippen LogP contribution in [-0.4, -0.2) is 19.0 Å². The van der Waals surface area contributed by atoms with Crippen molar-refractivity contribution in [2.45, 2.75) is 51.9 Å². The van der Waals surface area contributed by atoms with E-state index in [-0.39, 0.29) is 5.91 Å². The van der Waals surface area contributed by atoms with Crippen LogP contribution in [0.5, 0.6) is 0 Å². The zero-order chi connectivity index (χ0) is 11.1. The minimum absolute atomic E-state index is 0.159. The van der Waals surface area contributed by atoms with E-state index in [1.54, 1.807) is 0 Å². The summed E-state index contributed by atoms with van der Waals surface area (Å²) in [6.45, 7) is 3.73. The fraction of sp³-hybridized carbons (Fsp3) is 0.917. The molecule has 1 fully saturated rings. The number of carbonyl (C=O) groups is 1. The highest BCUT2D eigenvalue weighted by Gasteiger charge is 2.26. The van der Waals surface area contributed by atoms with Crippen molar-refractivity contribution in [2.24, 2.45) is 11.1 Å². The highest BCUT2D eigenvalue weighted by molar-refractivity contribution is 5.75. The van der Waals surface area contributed by atoms with Crippen LogP contribution in [0.1, 0.15) is 51.9 Å². The van der Waals surface area contributed by atoms with E-state index in [9.17, 15) is 4.79 Å². The highest BCUT2D eigenvalue weighted by Crippen LogP contribution is 2.34. The number of hydrogen-bond donors (Lipinski definition) is 2. The van der Waals surface area contributed by atoms with E-state index in [1.165, 1.54) is 32.1 Å². The molecular weight excluding hydrogens is 188 g/mol. The Labute approximate surface area is 92.8 Å². The molecule has 0 heterocycles. The van der Waals surface area contributed by atoms with Crippen molar-refractivity contribution in [1.82, 2.24) is 5.32 Å². The molecule has 3 N–H and O–H groups in total. The van der Waals surface area contributed by atoms with Gasteiger partial charge in [-0.2, -0.15) is 0 Å². The predicted molar refractivity (Wildman–Crippen MR) is 62.5 cm³/mol. The van der Waals surface area contributed by atoms with Gasteiger partial charge in [0.05, 0.1) is 0 Å². The Morgan fingerprint density at radius 1 is 1.33 bits per heavy atom. The van der Waals surface area contributed by atoms with Crippen LogP contribution in [0.4, 0.5) is 0 Å². The summed E-state index contributed by atoms with van der Waals surface area (Å²) in [4.78, 5) is 11.4. The van der Waals surface area contributed by atoms with E-state index in [2.05, 4.69) is 12.2 Å². The largest absolute Gasteiger partial charge is 0.356 e. The van der Waals surface area contributed by atoms with Crippen molar-refractivity contribution in [3.8, 4) is 0 Å². The second-order valence-corrected chi connectivity index (χ2v) is 5.04. The first-order valence-electron chi connectivity index (χ1n) is 6.13. The summed E-state index contributed by atoms with van der Waals surface area (Å²) in [6, 6.07) is 0. The summed E-state index contributed by atoms with van der Waals surface area (Å²) in [7, 11) is 0. The van der Waals surface area contributed by atoms with Gasteiger partial charge in [-0.1, -0.05) is 26.2 Å². The first kappa shape index (κ1) is 12.5. The third-order valence-corrected chi connectivity index (χ3v) is 3.38. The fourth-order valence-electron chi connectivity index (χ4n) is 2.25. The molecule has 88 valence electrons. The molecule has 0 aromatic rings. The predicted octanol–water partition coefficient (Wildman–Crippen LogP) is 1.81. The first-order chi connectivity index (χ1) is 7.16. The SMILES string of the molecule is CC1(CNC(=O)CCCN)CCCCC1. The summed E-state index contributed by atoms with van der Waals surface area (Å²) >= 11 is 0. The Balaban J connectivity index is 2.19. The molecule has 0 radical (unpaired) electrons. The number of amides is 1. The molecule has 1 aliphatic rings. The van der Waals surface area contributed by atoms with Gasteiger partial charge in [-0.05, 0) is 31.2 Å². The van der Waals surface area contributed by atoms with Crippen LogP contribution < -0.4 is 11.1 Å². The fourth-order valence-corrected chi connectivity index (χ4v) is 2.25. The van der Waals surface area contributed by atoms with Crippen LogP contribution in [0.15, 0.2) is 0 Å². The van der Waals surface area contributed by atoms with Gasteiger partial charge in [-0.15, -0.1) is 0 Å². The normalized spacial score (nSPS) is 19.9. The maximum atomic E-state index is 11.4. The standard InChI is InChI=1S/C12H24N2O/c1-12(7-3-2-4-8-12)10-14-11(15)6-5-9-13/h2-10,13H2,1H3,(H,14,15). The van der Waals surface area contributed by atoms with Crippen molar-refractivity contribution >= 4 is 5.91 Å². The Morgan fingerprint density at radius 2 is 2.00 bits per heavy atom. The third-order valence-electron chi connectivity index (χ3n) is 3.38. The number of carbonyl (C=O) groups excluding carboxylic acids is 1. The molecule has 0 bridgehead atoms. The zero-order valence-corrected chi connectivity index (χ0v) is 9.85. The van der Waals surface area contributed by atoms with E-state index in [4.69, 9.17) is 5.73 Å². The summed E-state index contributed by atoms with van der Waals surface area (Å²) < 4.78 is 0. The summed E-state index contributed by atoms with van der Waals surface area (Å²) in [5.41, 5.74) is 5.71. The van der Waals surface area contributed by atoms with E-state index in [0.29, 0.717) is 18.4 Å². The van der Waals surface area contributed by atoms with Gasteiger partial charge in [0.15, 0.2) is 0 Å². The molecule has 1 aliphatic carbocycles. The molecule has 0 aliphatic heterocycles. The summed E-state index contributed by atoms with van der Waals surface area (Å²) in [5, 5.41) is 3.03. The van der Waals surface area contributed by atoms with Gasteiger partial charge in [0.2, 0.25) is 5.91 Å². The molecule has 3 nitrogen and oxygen atoms in total. The van der Waals surface area contributed by atoms with Crippen molar-refractivity contribution in [2.75, 3.05) is 13.1 Å². The van der Waals surface area contributed by atoms with Crippen molar-refractivity contribution in [1.29, 1.82) is 0 Å². The van der Waals surface area contributed by atoms with Crippen molar-refractivity contribution in [3.63, 3.8) is 0 Å². The molecule has 1 amide bonds. The molecule has 0 atom stereocenters.